The van der Waals surface area contributed by atoms with Crippen molar-refractivity contribution in [3.63, 3.8) is 0 Å². The van der Waals surface area contributed by atoms with Crippen LogP contribution < -0.4 is 0 Å². The number of benzene rings is 9. The fourth-order valence-corrected chi connectivity index (χ4v) is 10.0. The number of rotatable bonds is 4. The van der Waals surface area contributed by atoms with Crippen LogP contribution in [0, 0.1) is 0 Å². The zero-order valence-electron chi connectivity index (χ0n) is 30.0. The Hall–Kier alpha value is -7.21. The molecule has 0 amide bonds. The molecule has 9 aromatic carbocycles. The molecule has 0 saturated carbocycles. The first kappa shape index (κ1) is 31.2. The Labute approximate surface area is 325 Å². The van der Waals surface area contributed by atoms with Crippen molar-refractivity contribution < 1.29 is 0 Å². The van der Waals surface area contributed by atoms with Crippen LogP contribution in [0.25, 0.3) is 114 Å². The van der Waals surface area contributed by atoms with Gasteiger partial charge in [0.1, 0.15) is 0 Å². The second-order valence-electron chi connectivity index (χ2n) is 14.3. The fourth-order valence-electron chi connectivity index (χ4n) is 8.76. The monoisotopic (exact) mass is 730 g/mol. The maximum Gasteiger partial charge on any atom is 0.164 e. The van der Waals surface area contributed by atoms with Crippen LogP contribution in [0.4, 0.5) is 0 Å². The molecule has 0 spiro atoms. The molecule has 0 aliphatic heterocycles. The summed E-state index contributed by atoms with van der Waals surface area (Å²) in [6, 6.07) is 64.9. The SMILES string of the molecule is c1ccc(-c2nc(-c3ccccc3)nc(-c3cccc4c5ccc(-n6c7ccccc7c7c8sc9ccccc9c8ccc76)cc5c5ccccc5c34)n2)cc1. The molecule has 0 aliphatic carbocycles. The van der Waals surface area contributed by atoms with Gasteiger partial charge in [0.15, 0.2) is 17.5 Å². The van der Waals surface area contributed by atoms with Gasteiger partial charge in [-0.15, -0.1) is 11.3 Å². The summed E-state index contributed by atoms with van der Waals surface area (Å²) in [5.41, 5.74) is 6.45. The maximum atomic E-state index is 5.15. The fraction of sp³-hybridized carbons (Fsp3) is 0. The van der Waals surface area contributed by atoms with Crippen LogP contribution in [0.2, 0.25) is 0 Å². The molecule has 3 aromatic heterocycles. The van der Waals surface area contributed by atoms with Crippen molar-refractivity contribution >= 4 is 85.6 Å². The van der Waals surface area contributed by atoms with Crippen LogP contribution in [0.15, 0.2) is 182 Å². The molecule has 56 heavy (non-hydrogen) atoms. The Bertz CT molecular complexity index is 3440. The molecule has 12 aromatic rings. The van der Waals surface area contributed by atoms with Crippen molar-refractivity contribution in [2.24, 2.45) is 0 Å². The second-order valence-corrected chi connectivity index (χ2v) is 15.4. The van der Waals surface area contributed by atoms with E-state index in [9.17, 15) is 0 Å². The van der Waals surface area contributed by atoms with Crippen molar-refractivity contribution in [2.75, 3.05) is 0 Å². The summed E-state index contributed by atoms with van der Waals surface area (Å²) in [6.45, 7) is 0. The smallest absolute Gasteiger partial charge is 0.164 e. The van der Waals surface area contributed by atoms with E-state index in [1.807, 2.05) is 47.7 Å². The standard InChI is InChI=1S/C51H30N4S/c1-3-14-31(15-4-1)49-52-50(32-16-5-2-6-17-32)54-51(53-49)41-23-13-22-38-35-27-26-33(30-42(35)34-18-7-8-20-37(34)46(38)41)55-43-24-11-9-21-40(43)47-44(55)29-28-39-36-19-10-12-25-45(36)56-48(39)47/h1-30H. The molecule has 4 nitrogen and oxygen atoms in total. The van der Waals surface area contributed by atoms with Crippen LogP contribution in [-0.2, 0) is 0 Å². The van der Waals surface area contributed by atoms with Crippen LogP contribution in [0.3, 0.4) is 0 Å². The number of hydrogen-bond donors (Lipinski definition) is 0. The summed E-state index contributed by atoms with van der Waals surface area (Å²) in [6.07, 6.45) is 0. The quantitative estimate of drug-likeness (QED) is 0.169. The van der Waals surface area contributed by atoms with Crippen molar-refractivity contribution in [3.05, 3.63) is 182 Å². The zero-order chi connectivity index (χ0) is 36.7. The molecular weight excluding hydrogens is 701 g/mol. The highest BCUT2D eigenvalue weighted by Crippen LogP contribution is 2.45. The molecule has 12 rings (SSSR count). The predicted octanol–water partition coefficient (Wildman–Crippen LogP) is 13.8. The van der Waals surface area contributed by atoms with E-state index in [1.54, 1.807) is 0 Å². The van der Waals surface area contributed by atoms with E-state index in [0.717, 1.165) is 27.8 Å². The normalized spacial score (nSPS) is 11.9. The lowest BCUT2D eigenvalue weighted by atomic mass is 9.91. The summed E-state index contributed by atoms with van der Waals surface area (Å²) in [5.74, 6) is 1.96. The van der Waals surface area contributed by atoms with E-state index in [-0.39, 0.29) is 0 Å². The molecule has 0 unspecified atom stereocenters. The van der Waals surface area contributed by atoms with Gasteiger partial charge in [-0.1, -0.05) is 152 Å². The minimum atomic E-state index is 0.653. The van der Waals surface area contributed by atoms with Crippen LogP contribution in [-0.4, -0.2) is 19.5 Å². The molecule has 0 fully saturated rings. The molecule has 5 heteroatoms. The largest absolute Gasteiger partial charge is 0.309 e. The highest BCUT2D eigenvalue weighted by Gasteiger charge is 2.20. The molecular formula is C51H30N4S. The Balaban J connectivity index is 1.12. The van der Waals surface area contributed by atoms with Gasteiger partial charge >= 0.3 is 0 Å². The molecule has 0 radical (unpaired) electrons. The van der Waals surface area contributed by atoms with Crippen LogP contribution >= 0.6 is 11.3 Å². The average molecular weight is 731 g/mol. The Morgan fingerprint density at radius 2 is 0.929 bits per heavy atom. The molecule has 0 aliphatic rings. The van der Waals surface area contributed by atoms with Gasteiger partial charge in [-0.3, -0.25) is 0 Å². The highest BCUT2D eigenvalue weighted by atomic mass is 32.1. The molecule has 0 N–H and O–H groups in total. The second kappa shape index (κ2) is 12.2. The van der Waals surface area contributed by atoms with E-state index < -0.39 is 0 Å². The lowest BCUT2D eigenvalue weighted by Crippen LogP contribution is -2.01. The lowest BCUT2D eigenvalue weighted by Gasteiger charge is -2.16. The molecule has 3 heterocycles. The van der Waals surface area contributed by atoms with Gasteiger partial charge in [0.2, 0.25) is 0 Å². The minimum Gasteiger partial charge on any atom is -0.309 e. The summed E-state index contributed by atoms with van der Waals surface area (Å²) in [5, 5.41) is 12.3. The third-order valence-corrected chi connectivity index (χ3v) is 12.4. The van der Waals surface area contributed by atoms with Gasteiger partial charge in [-0.25, -0.2) is 15.0 Å². The van der Waals surface area contributed by atoms with Gasteiger partial charge in [0.25, 0.3) is 0 Å². The van der Waals surface area contributed by atoms with Gasteiger partial charge in [-0.05, 0) is 57.3 Å². The van der Waals surface area contributed by atoms with Crippen molar-refractivity contribution in [1.29, 1.82) is 0 Å². The van der Waals surface area contributed by atoms with E-state index in [2.05, 4.69) is 150 Å². The first-order valence-electron chi connectivity index (χ1n) is 18.9. The minimum absolute atomic E-state index is 0.653. The summed E-state index contributed by atoms with van der Waals surface area (Å²) < 4.78 is 5.11. The molecule has 0 atom stereocenters. The summed E-state index contributed by atoms with van der Waals surface area (Å²) in [7, 11) is 0. The van der Waals surface area contributed by atoms with Gasteiger partial charge in [-0.2, -0.15) is 0 Å². The third kappa shape index (κ3) is 4.62. The number of hydrogen-bond acceptors (Lipinski definition) is 4. The van der Waals surface area contributed by atoms with E-state index in [4.69, 9.17) is 15.0 Å². The lowest BCUT2D eigenvalue weighted by molar-refractivity contribution is 1.08. The number of para-hydroxylation sites is 1. The average Bonchev–Trinajstić information content (AvgIpc) is 3.82. The van der Waals surface area contributed by atoms with Crippen molar-refractivity contribution in [2.45, 2.75) is 0 Å². The Kier molecular flexibility index (Phi) is 6.76. The summed E-state index contributed by atoms with van der Waals surface area (Å²) >= 11 is 1.89. The van der Waals surface area contributed by atoms with E-state index in [1.165, 1.54) is 68.9 Å². The predicted molar refractivity (Wildman–Crippen MR) is 236 cm³/mol. The topological polar surface area (TPSA) is 43.6 Å². The summed E-state index contributed by atoms with van der Waals surface area (Å²) in [4.78, 5) is 15.3. The molecule has 0 bridgehead atoms. The van der Waals surface area contributed by atoms with E-state index in [0.29, 0.717) is 17.5 Å². The first-order chi connectivity index (χ1) is 27.8. The number of aromatic nitrogens is 4. The van der Waals surface area contributed by atoms with Crippen molar-refractivity contribution in [1.82, 2.24) is 19.5 Å². The molecule has 0 saturated heterocycles. The number of nitrogens with zero attached hydrogens (tertiary/aromatic N) is 4. The number of fused-ring (bicyclic) bond motifs is 13. The number of thiophene rings is 1. The van der Waals surface area contributed by atoms with E-state index >= 15 is 0 Å². The van der Waals surface area contributed by atoms with Gasteiger partial charge in [0, 0.05) is 58.7 Å². The zero-order valence-corrected chi connectivity index (χ0v) is 30.8. The van der Waals surface area contributed by atoms with Crippen LogP contribution in [0.1, 0.15) is 0 Å². The maximum absolute atomic E-state index is 5.15. The van der Waals surface area contributed by atoms with Crippen LogP contribution in [0.5, 0.6) is 0 Å². The van der Waals surface area contributed by atoms with Gasteiger partial charge in [0.05, 0.1) is 11.0 Å². The third-order valence-electron chi connectivity index (χ3n) is 11.2. The molecule has 260 valence electrons. The first-order valence-corrected chi connectivity index (χ1v) is 19.7. The Morgan fingerprint density at radius 3 is 1.68 bits per heavy atom. The highest BCUT2D eigenvalue weighted by molar-refractivity contribution is 7.26. The van der Waals surface area contributed by atoms with Crippen molar-refractivity contribution in [3.8, 4) is 39.9 Å². The van der Waals surface area contributed by atoms with Gasteiger partial charge < -0.3 is 4.57 Å². The Morgan fingerprint density at radius 1 is 0.357 bits per heavy atom.